The molecule has 2 nitrogen and oxygen atoms in total. The zero-order valence-corrected chi connectivity index (χ0v) is 12.7. The van der Waals surface area contributed by atoms with Crippen molar-refractivity contribution in [3.05, 3.63) is 21.9 Å². The number of thiophene rings is 1. The minimum absolute atomic E-state index is 0.751. The van der Waals surface area contributed by atoms with E-state index in [1.54, 1.807) is 0 Å². The normalized spacial score (nSPS) is 15.8. The first-order chi connectivity index (χ1) is 8.67. The minimum Gasteiger partial charge on any atom is -0.309 e. The van der Waals surface area contributed by atoms with Crippen LogP contribution in [0.3, 0.4) is 0 Å². The Morgan fingerprint density at radius 3 is 2.67 bits per heavy atom. The fourth-order valence-electron chi connectivity index (χ4n) is 2.18. The second-order valence-corrected chi connectivity index (χ2v) is 7.00. The third kappa shape index (κ3) is 4.71. The fourth-order valence-corrected chi connectivity index (χ4v) is 3.19. The summed E-state index contributed by atoms with van der Waals surface area (Å²) < 4.78 is 0. The molecule has 18 heavy (non-hydrogen) atoms. The van der Waals surface area contributed by atoms with Crippen molar-refractivity contribution in [1.82, 2.24) is 10.2 Å². The lowest BCUT2D eigenvalue weighted by Gasteiger charge is -2.21. The van der Waals surface area contributed by atoms with Gasteiger partial charge in [-0.05, 0) is 37.4 Å². The van der Waals surface area contributed by atoms with E-state index in [-0.39, 0.29) is 0 Å². The molecule has 1 heterocycles. The molecule has 1 N–H and O–H groups in total. The number of nitrogens with one attached hydrogen (secondary N) is 1. The van der Waals surface area contributed by atoms with E-state index in [9.17, 15) is 0 Å². The van der Waals surface area contributed by atoms with Crippen LogP contribution in [0.1, 0.15) is 43.4 Å². The summed E-state index contributed by atoms with van der Waals surface area (Å²) in [6.07, 6.45) is 2.74. The van der Waals surface area contributed by atoms with Crippen molar-refractivity contribution >= 4 is 11.3 Å². The highest BCUT2D eigenvalue weighted by atomic mass is 32.1. The zero-order valence-electron chi connectivity index (χ0n) is 11.9. The van der Waals surface area contributed by atoms with Crippen molar-refractivity contribution in [2.24, 2.45) is 5.92 Å². The van der Waals surface area contributed by atoms with Gasteiger partial charge in [-0.2, -0.15) is 0 Å². The molecule has 1 saturated carbocycles. The summed E-state index contributed by atoms with van der Waals surface area (Å²) in [7, 11) is 0. The van der Waals surface area contributed by atoms with Crippen molar-refractivity contribution in [2.45, 2.75) is 52.7 Å². The molecule has 1 aromatic heterocycles. The van der Waals surface area contributed by atoms with Crippen LogP contribution in [0.5, 0.6) is 0 Å². The van der Waals surface area contributed by atoms with Crippen LogP contribution in [0.25, 0.3) is 0 Å². The highest BCUT2D eigenvalue weighted by Gasteiger charge is 2.20. The summed E-state index contributed by atoms with van der Waals surface area (Å²) in [5, 5.41) is 3.58. The van der Waals surface area contributed by atoms with Crippen LogP contribution < -0.4 is 5.32 Å². The predicted octanol–water partition coefficient (Wildman–Crippen LogP) is 3.48. The van der Waals surface area contributed by atoms with E-state index < -0.39 is 0 Å². The summed E-state index contributed by atoms with van der Waals surface area (Å²) in [5.41, 5.74) is 0. The minimum atomic E-state index is 0.751. The molecule has 0 atom stereocenters. The summed E-state index contributed by atoms with van der Waals surface area (Å²) in [5.74, 6) is 0.751. The number of rotatable bonds is 8. The van der Waals surface area contributed by atoms with Crippen molar-refractivity contribution in [3.8, 4) is 0 Å². The molecule has 1 aliphatic carbocycles. The monoisotopic (exact) mass is 266 g/mol. The van der Waals surface area contributed by atoms with E-state index >= 15 is 0 Å². The molecular formula is C15H26N2S. The lowest BCUT2D eigenvalue weighted by molar-refractivity contribution is 0.250. The van der Waals surface area contributed by atoms with Gasteiger partial charge in [0.1, 0.15) is 0 Å². The van der Waals surface area contributed by atoms with Crippen LogP contribution >= 0.6 is 11.3 Å². The Hall–Kier alpha value is -0.380. The summed E-state index contributed by atoms with van der Waals surface area (Å²) in [6, 6.07) is 5.40. The first-order valence-corrected chi connectivity index (χ1v) is 8.02. The average molecular weight is 266 g/mol. The van der Waals surface area contributed by atoms with Crippen LogP contribution in [0.15, 0.2) is 12.1 Å². The Morgan fingerprint density at radius 2 is 2.06 bits per heavy atom. The lowest BCUT2D eigenvalue weighted by Crippen LogP contribution is -2.26. The average Bonchev–Trinajstić information content (AvgIpc) is 3.06. The van der Waals surface area contributed by atoms with Gasteiger partial charge in [0, 0.05) is 35.4 Å². The third-order valence-electron chi connectivity index (χ3n) is 3.31. The third-order valence-corrected chi connectivity index (χ3v) is 4.38. The molecule has 1 aromatic rings. The molecule has 0 bridgehead atoms. The first-order valence-electron chi connectivity index (χ1n) is 7.20. The van der Waals surface area contributed by atoms with Gasteiger partial charge in [0.05, 0.1) is 0 Å². The summed E-state index contributed by atoms with van der Waals surface area (Å²) in [4.78, 5) is 5.52. The van der Waals surface area contributed by atoms with Crippen LogP contribution in [-0.4, -0.2) is 24.0 Å². The molecule has 0 saturated heterocycles. The number of nitrogens with zero attached hydrogens (tertiary/aromatic N) is 1. The van der Waals surface area contributed by atoms with Gasteiger partial charge in [0.15, 0.2) is 0 Å². The Bertz CT molecular complexity index is 355. The number of hydrogen-bond donors (Lipinski definition) is 1. The second-order valence-electron chi connectivity index (χ2n) is 5.74. The van der Waals surface area contributed by atoms with Gasteiger partial charge in [-0.1, -0.05) is 20.8 Å². The molecule has 0 unspecified atom stereocenters. The van der Waals surface area contributed by atoms with E-state index in [1.165, 1.54) is 29.1 Å². The van der Waals surface area contributed by atoms with E-state index in [2.05, 4.69) is 43.1 Å². The van der Waals surface area contributed by atoms with Crippen molar-refractivity contribution in [2.75, 3.05) is 13.1 Å². The van der Waals surface area contributed by atoms with E-state index in [0.717, 1.165) is 31.6 Å². The van der Waals surface area contributed by atoms with Crippen molar-refractivity contribution < 1.29 is 0 Å². The Balaban J connectivity index is 1.80. The summed E-state index contributed by atoms with van der Waals surface area (Å²) in [6.45, 7) is 11.4. The van der Waals surface area contributed by atoms with Gasteiger partial charge in [0.25, 0.3) is 0 Å². The number of hydrogen-bond acceptors (Lipinski definition) is 3. The van der Waals surface area contributed by atoms with Gasteiger partial charge in [-0.15, -0.1) is 11.3 Å². The molecular weight excluding hydrogens is 240 g/mol. The highest BCUT2D eigenvalue weighted by molar-refractivity contribution is 7.11. The lowest BCUT2D eigenvalue weighted by atomic mass is 10.2. The molecule has 0 aromatic carbocycles. The molecule has 0 radical (unpaired) electrons. The molecule has 1 aliphatic rings. The van der Waals surface area contributed by atoms with Gasteiger partial charge in [-0.25, -0.2) is 0 Å². The van der Waals surface area contributed by atoms with E-state index in [0.29, 0.717) is 0 Å². The van der Waals surface area contributed by atoms with Crippen LogP contribution in [0.4, 0.5) is 0 Å². The highest BCUT2D eigenvalue weighted by Crippen LogP contribution is 2.22. The first kappa shape index (κ1) is 14.0. The Kier molecular flexibility index (Phi) is 5.22. The largest absolute Gasteiger partial charge is 0.309 e. The summed E-state index contributed by atoms with van der Waals surface area (Å²) >= 11 is 1.97. The molecule has 3 heteroatoms. The van der Waals surface area contributed by atoms with Gasteiger partial charge in [-0.3, -0.25) is 4.90 Å². The smallest absolute Gasteiger partial charge is 0.0328 e. The van der Waals surface area contributed by atoms with E-state index in [1.807, 2.05) is 11.3 Å². The predicted molar refractivity (Wildman–Crippen MR) is 80.0 cm³/mol. The van der Waals surface area contributed by atoms with Gasteiger partial charge >= 0.3 is 0 Å². The van der Waals surface area contributed by atoms with Crippen LogP contribution in [0, 0.1) is 5.92 Å². The maximum absolute atomic E-state index is 3.58. The SMILES string of the molecule is CCN(Cc1ccc(CNC2CC2)s1)CC(C)C. The quantitative estimate of drug-likeness (QED) is 0.775. The van der Waals surface area contributed by atoms with Gasteiger partial charge < -0.3 is 5.32 Å². The van der Waals surface area contributed by atoms with Crippen molar-refractivity contribution in [1.29, 1.82) is 0 Å². The van der Waals surface area contributed by atoms with Crippen molar-refractivity contribution in [3.63, 3.8) is 0 Å². The van der Waals surface area contributed by atoms with E-state index in [4.69, 9.17) is 0 Å². The zero-order chi connectivity index (χ0) is 13.0. The molecule has 102 valence electrons. The molecule has 2 rings (SSSR count). The standard InChI is InChI=1S/C15H26N2S/c1-4-17(10-12(2)3)11-15-8-7-14(18-15)9-16-13-5-6-13/h7-8,12-13,16H,4-6,9-11H2,1-3H3. The molecule has 1 fully saturated rings. The molecule has 0 spiro atoms. The second kappa shape index (κ2) is 6.69. The Labute approximate surface area is 115 Å². The maximum atomic E-state index is 3.58. The van der Waals surface area contributed by atoms with Crippen LogP contribution in [0.2, 0.25) is 0 Å². The van der Waals surface area contributed by atoms with Crippen LogP contribution in [-0.2, 0) is 13.1 Å². The topological polar surface area (TPSA) is 15.3 Å². The fraction of sp³-hybridized carbons (Fsp3) is 0.733. The Morgan fingerprint density at radius 1 is 1.33 bits per heavy atom. The van der Waals surface area contributed by atoms with Gasteiger partial charge in [0.2, 0.25) is 0 Å². The molecule has 0 amide bonds. The molecule has 0 aliphatic heterocycles. The maximum Gasteiger partial charge on any atom is 0.0328 e.